The topological polar surface area (TPSA) is 114 Å². The van der Waals surface area contributed by atoms with Crippen molar-refractivity contribution in [3.05, 3.63) is 76.3 Å². The van der Waals surface area contributed by atoms with E-state index in [9.17, 15) is 31.2 Å². The minimum absolute atomic E-state index is 0.00878. The molecule has 0 unspecified atom stereocenters. The first-order chi connectivity index (χ1) is 15.5. The minimum Gasteiger partial charge on any atom is -0.464 e. The van der Waals surface area contributed by atoms with Crippen molar-refractivity contribution < 1.29 is 35.9 Å². The number of hydrogen-bond donors (Lipinski definition) is 2. The summed E-state index contributed by atoms with van der Waals surface area (Å²) in [6, 6.07) is 9.37. The zero-order valence-corrected chi connectivity index (χ0v) is 18.5. The van der Waals surface area contributed by atoms with E-state index in [0.29, 0.717) is 5.56 Å². The molecular formula is C20H16F3N3O5S2. The Balaban J connectivity index is 1.62. The fraction of sp³-hybridized carbons (Fsp3) is 0.150. The molecular weight excluding hydrogens is 483 g/mol. The Labute approximate surface area is 190 Å². The number of sulfonamides is 1. The summed E-state index contributed by atoms with van der Waals surface area (Å²) >= 11 is 0.901. The van der Waals surface area contributed by atoms with Crippen LogP contribution in [-0.2, 0) is 27.5 Å². The summed E-state index contributed by atoms with van der Waals surface area (Å²) < 4.78 is 69.6. The number of aromatic nitrogens is 1. The Kier molecular flexibility index (Phi) is 7.03. The number of nitrogens with one attached hydrogen (secondary N) is 2. The number of esters is 1. The molecule has 8 nitrogen and oxygen atoms in total. The Morgan fingerprint density at radius 2 is 1.70 bits per heavy atom. The Hall–Kier alpha value is -3.45. The van der Waals surface area contributed by atoms with Crippen LogP contribution in [0.1, 0.15) is 32.0 Å². The molecule has 0 bridgehead atoms. The maximum absolute atomic E-state index is 12.6. The van der Waals surface area contributed by atoms with Gasteiger partial charge < -0.3 is 10.1 Å². The van der Waals surface area contributed by atoms with Crippen molar-refractivity contribution in [2.24, 2.45) is 0 Å². The molecule has 0 aliphatic carbocycles. The SMILES string of the molecule is COC(=O)c1csc(NS(=O)(=O)c2ccc(C(=O)NCc3ccc(C(F)(F)F)cc3)cc2)n1. The first kappa shape index (κ1) is 24.2. The number of methoxy groups -OCH3 is 1. The number of anilines is 1. The average molecular weight is 499 g/mol. The van der Waals surface area contributed by atoms with Crippen LogP contribution in [0.25, 0.3) is 0 Å². The summed E-state index contributed by atoms with van der Waals surface area (Å²) in [5.41, 5.74) is -0.208. The lowest BCUT2D eigenvalue weighted by Gasteiger charge is -2.09. The van der Waals surface area contributed by atoms with Gasteiger partial charge in [-0.05, 0) is 42.0 Å². The lowest BCUT2D eigenvalue weighted by molar-refractivity contribution is -0.137. The van der Waals surface area contributed by atoms with Crippen LogP contribution >= 0.6 is 11.3 Å². The average Bonchev–Trinajstić information content (AvgIpc) is 3.24. The molecule has 3 aromatic rings. The fourth-order valence-corrected chi connectivity index (χ4v) is 4.51. The van der Waals surface area contributed by atoms with Crippen LogP contribution in [0.3, 0.4) is 0 Å². The molecule has 1 heterocycles. The molecule has 0 atom stereocenters. The predicted molar refractivity (Wildman–Crippen MR) is 113 cm³/mol. The molecule has 0 saturated carbocycles. The van der Waals surface area contributed by atoms with Gasteiger partial charge in [-0.15, -0.1) is 11.3 Å². The third kappa shape index (κ3) is 6.08. The molecule has 3 rings (SSSR count). The van der Waals surface area contributed by atoms with E-state index in [1.807, 2.05) is 0 Å². The summed E-state index contributed by atoms with van der Waals surface area (Å²) in [7, 11) is -2.85. The van der Waals surface area contributed by atoms with Crippen molar-refractivity contribution >= 4 is 38.4 Å². The molecule has 1 aromatic heterocycles. The number of carbonyl (C=O) groups excluding carboxylic acids is 2. The molecule has 2 aromatic carbocycles. The second-order valence-electron chi connectivity index (χ2n) is 6.54. The van der Waals surface area contributed by atoms with Gasteiger partial charge in [0.25, 0.3) is 15.9 Å². The largest absolute Gasteiger partial charge is 0.464 e. The van der Waals surface area contributed by atoms with Crippen LogP contribution in [0.15, 0.2) is 58.8 Å². The van der Waals surface area contributed by atoms with Gasteiger partial charge >= 0.3 is 12.1 Å². The van der Waals surface area contributed by atoms with Crippen molar-refractivity contribution in [2.45, 2.75) is 17.6 Å². The Morgan fingerprint density at radius 1 is 1.06 bits per heavy atom. The number of benzene rings is 2. The first-order valence-corrected chi connectivity index (χ1v) is 11.5. The molecule has 13 heteroatoms. The van der Waals surface area contributed by atoms with Crippen molar-refractivity contribution in [3.8, 4) is 0 Å². The minimum atomic E-state index is -4.44. The van der Waals surface area contributed by atoms with E-state index in [4.69, 9.17) is 0 Å². The smallest absolute Gasteiger partial charge is 0.416 e. The number of alkyl halides is 3. The van der Waals surface area contributed by atoms with Gasteiger partial charge in [-0.25, -0.2) is 18.2 Å². The lowest BCUT2D eigenvalue weighted by atomic mass is 10.1. The van der Waals surface area contributed by atoms with E-state index in [1.54, 1.807) is 0 Å². The van der Waals surface area contributed by atoms with E-state index >= 15 is 0 Å². The maximum Gasteiger partial charge on any atom is 0.416 e. The number of nitrogens with zero attached hydrogens (tertiary/aromatic N) is 1. The van der Waals surface area contributed by atoms with Gasteiger partial charge in [-0.1, -0.05) is 12.1 Å². The summed E-state index contributed by atoms with van der Waals surface area (Å²) in [6.45, 7) is -0.00878. The molecule has 0 radical (unpaired) electrons. The van der Waals surface area contributed by atoms with E-state index < -0.39 is 33.6 Å². The van der Waals surface area contributed by atoms with Gasteiger partial charge in [0.05, 0.1) is 17.6 Å². The number of hydrogen-bond acceptors (Lipinski definition) is 7. The van der Waals surface area contributed by atoms with Crippen LogP contribution in [-0.4, -0.2) is 32.4 Å². The number of ether oxygens (including phenoxy) is 1. The number of amides is 1. The quantitative estimate of drug-likeness (QED) is 0.480. The molecule has 1 amide bonds. The zero-order chi connectivity index (χ0) is 24.2. The van der Waals surface area contributed by atoms with E-state index in [-0.39, 0.29) is 27.8 Å². The van der Waals surface area contributed by atoms with Crippen molar-refractivity contribution in [2.75, 3.05) is 11.8 Å². The van der Waals surface area contributed by atoms with Gasteiger partial charge in [0.15, 0.2) is 10.8 Å². The summed E-state index contributed by atoms with van der Waals surface area (Å²) in [6.07, 6.45) is -4.44. The van der Waals surface area contributed by atoms with Crippen molar-refractivity contribution in [3.63, 3.8) is 0 Å². The van der Waals surface area contributed by atoms with Crippen LogP contribution in [0, 0.1) is 0 Å². The number of halogens is 3. The van der Waals surface area contributed by atoms with Crippen molar-refractivity contribution in [1.82, 2.24) is 10.3 Å². The third-order valence-corrected chi connectivity index (χ3v) is 6.52. The van der Waals surface area contributed by atoms with Crippen LogP contribution in [0.2, 0.25) is 0 Å². The maximum atomic E-state index is 12.6. The highest BCUT2D eigenvalue weighted by Gasteiger charge is 2.29. The number of thiazole rings is 1. The summed E-state index contributed by atoms with van der Waals surface area (Å²) in [5.74, 6) is -1.24. The molecule has 0 saturated heterocycles. The highest BCUT2D eigenvalue weighted by molar-refractivity contribution is 7.93. The zero-order valence-electron chi connectivity index (χ0n) is 16.8. The van der Waals surface area contributed by atoms with Gasteiger partial charge in [0.2, 0.25) is 0 Å². The predicted octanol–water partition coefficient (Wildman–Crippen LogP) is 3.68. The molecule has 2 N–H and O–H groups in total. The molecule has 0 aliphatic heterocycles. The highest BCUT2D eigenvalue weighted by atomic mass is 32.2. The molecule has 0 fully saturated rings. The van der Waals surface area contributed by atoms with E-state index in [0.717, 1.165) is 23.5 Å². The van der Waals surface area contributed by atoms with Crippen LogP contribution < -0.4 is 10.0 Å². The fourth-order valence-electron chi connectivity index (χ4n) is 2.57. The molecule has 0 spiro atoms. The molecule has 33 heavy (non-hydrogen) atoms. The number of carbonyl (C=O) groups is 2. The summed E-state index contributed by atoms with van der Waals surface area (Å²) in [5, 5.41) is 3.86. The Bertz CT molecular complexity index is 1260. The van der Waals surface area contributed by atoms with E-state index in [2.05, 4.69) is 19.8 Å². The van der Waals surface area contributed by atoms with Crippen LogP contribution in [0.4, 0.5) is 18.3 Å². The second kappa shape index (κ2) is 9.58. The lowest BCUT2D eigenvalue weighted by Crippen LogP contribution is -2.23. The van der Waals surface area contributed by atoms with Crippen LogP contribution in [0.5, 0.6) is 0 Å². The third-order valence-electron chi connectivity index (χ3n) is 4.28. The summed E-state index contributed by atoms with van der Waals surface area (Å²) in [4.78, 5) is 27.4. The normalized spacial score (nSPS) is 11.6. The number of rotatable bonds is 7. The van der Waals surface area contributed by atoms with Gasteiger partial charge in [-0.3, -0.25) is 9.52 Å². The molecule has 0 aliphatic rings. The van der Waals surface area contributed by atoms with Gasteiger partial charge in [0, 0.05) is 17.5 Å². The Morgan fingerprint density at radius 3 is 2.27 bits per heavy atom. The van der Waals surface area contributed by atoms with Gasteiger partial charge in [-0.2, -0.15) is 13.2 Å². The van der Waals surface area contributed by atoms with Crippen molar-refractivity contribution in [1.29, 1.82) is 0 Å². The monoisotopic (exact) mass is 499 g/mol. The van der Waals surface area contributed by atoms with Gasteiger partial charge in [0.1, 0.15) is 0 Å². The van der Waals surface area contributed by atoms with E-state index in [1.165, 1.54) is 48.9 Å². The second-order valence-corrected chi connectivity index (χ2v) is 9.08. The highest BCUT2D eigenvalue weighted by Crippen LogP contribution is 2.29. The standard InChI is InChI=1S/C20H16F3N3O5S2/c1-31-18(28)16-11-32-19(25-16)26-33(29,30)15-8-4-13(5-9-15)17(27)24-10-12-2-6-14(7-3-12)20(21,22)23/h2-9,11H,10H2,1H3,(H,24,27)(H,25,26). The first-order valence-electron chi connectivity index (χ1n) is 9.10. The molecule has 174 valence electrons.